The number of hydrogen-bond acceptors (Lipinski definition) is 5. The lowest BCUT2D eigenvalue weighted by Crippen LogP contribution is -2.36. The van der Waals surface area contributed by atoms with E-state index < -0.39 is 0 Å². The summed E-state index contributed by atoms with van der Waals surface area (Å²) in [6, 6.07) is 3.70. The summed E-state index contributed by atoms with van der Waals surface area (Å²) in [7, 11) is 4.83. The summed E-state index contributed by atoms with van der Waals surface area (Å²) >= 11 is 0. The van der Waals surface area contributed by atoms with Crippen LogP contribution in [0, 0.1) is 6.92 Å². The van der Waals surface area contributed by atoms with E-state index in [1.807, 2.05) is 26.0 Å². The van der Waals surface area contributed by atoms with Crippen molar-refractivity contribution in [3.05, 3.63) is 23.3 Å². The maximum absolute atomic E-state index is 11.9. The molecule has 1 aromatic carbocycles. The molecule has 132 valence electrons. The average Bonchev–Trinajstić information content (AvgIpc) is 2.51. The predicted octanol–water partition coefficient (Wildman–Crippen LogP) is 1.85. The molecule has 6 nitrogen and oxygen atoms in total. The van der Waals surface area contributed by atoms with Crippen LogP contribution in [0.15, 0.2) is 12.1 Å². The Balaban J connectivity index is 0.00000484. The molecule has 23 heavy (non-hydrogen) atoms. The van der Waals surface area contributed by atoms with Crippen molar-refractivity contribution in [2.75, 3.05) is 41.0 Å². The number of ether oxygens (including phenoxy) is 3. The van der Waals surface area contributed by atoms with Crippen LogP contribution in [0.5, 0.6) is 11.5 Å². The first-order valence-corrected chi connectivity index (χ1v) is 7.25. The SMILES string of the molecule is COCCNCC(=O)NC(C)c1cc(OC)c(OC)cc1C.Cl. The van der Waals surface area contributed by atoms with Crippen molar-refractivity contribution >= 4 is 18.3 Å². The first-order valence-electron chi connectivity index (χ1n) is 7.25. The highest BCUT2D eigenvalue weighted by molar-refractivity contribution is 5.85. The van der Waals surface area contributed by atoms with E-state index in [9.17, 15) is 4.79 Å². The van der Waals surface area contributed by atoms with E-state index in [2.05, 4.69) is 10.6 Å². The molecule has 1 rings (SSSR count). The molecule has 0 aliphatic heterocycles. The highest BCUT2D eigenvalue weighted by Gasteiger charge is 2.15. The molecule has 0 saturated carbocycles. The predicted molar refractivity (Wildman–Crippen MR) is 92.8 cm³/mol. The lowest BCUT2D eigenvalue weighted by atomic mass is 10.0. The van der Waals surface area contributed by atoms with Crippen LogP contribution in [-0.4, -0.2) is 46.9 Å². The van der Waals surface area contributed by atoms with Gasteiger partial charge in [0.1, 0.15) is 0 Å². The molecular weight excluding hydrogens is 320 g/mol. The smallest absolute Gasteiger partial charge is 0.234 e. The normalized spacial score (nSPS) is 11.3. The van der Waals surface area contributed by atoms with Crippen molar-refractivity contribution in [2.45, 2.75) is 19.9 Å². The third-order valence-corrected chi connectivity index (χ3v) is 3.38. The number of nitrogens with one attached hydrogen (secondary N) is 2. The van der Waals surface area contributed by atoms with Crippen LogP contribution < -0.4 is 20.1 Å². The maximum atomic E-state index is 11.9. The monoisotopic (exact) mass is 346 g/mol. The molecule has 0 aliphatic rings. The van der Waals surface area contributed by atoms with Crippen molar-refractivity contribution in [1.82, 2.24) is 10.6 Å². The zero-order valence-electron chi connectivity index (χ0n) is 14.4. The molecule has 0 bridgehead atoms. The Morgan fingerprint density at radius 3 is 2.35 bits per heavy atom. The molecule has 0 saturated heterocycles. The van der Waals surface area contributed by atoms with Crippen molar-refractivity contribution < 1.29 is 19.0 Å². The number of aryl methyl sites for hydroxylation is 1. The zero-order chi connectivity index (χ0) is 16.5. The summed E-state index contributed by atoms with van der Waals surface area (Å²) in [5, 5.41) is 5.98. The number of carbonyl (C=O) groups excluding carboxylic acids is 1. The minimum absolute atomic E-state index is 0. The van der Waals surface area contributed by atoms with Gasteiger partial charge in [-0.25, -0.2) is 0 Å². The van der Waals surface area contributed by atoms with E-state index in [0.29, 0.717) is 24.7 Å². The molecule has 0 aromatic heterocycles. The molecule has 1 atom stereocenters. The fourth-order valence-corrected chi connectivity index (χ4v) is 2.21. The first-order chi connectivity index (χ1) is 10.5. The van der Waals surface area contributed by atoms with Crippen molar-refractivity contribution in [2.24, 2.45) is 0 Å². The van der Waals surface area contributed by atoms with Gasteiger partial charge in [-0.1, -0.05) is 0 Å². The molecule has 0 fully saturated rings. The van der Waals surface area contributed by atoms with Crippen LogP contribution in [0.1, 0.15) is 24.1 Å². The molecule has 0 spiro atoms. The van der Waals surface area contributed by atoms with E-state index in [4.69, 9.17) is 14.2 Å². The highest BCUT2D eigenvalue weighted by atomic mass is 35.5. The quantitative estimate of drug-likeness (QED) is 0.668. The summed E-state index contributed by atoms with van der Waals surface area (Å²) in [4.78, 5) is 11.9. The Kier molecular flexibility index (Phi) is 10.4. The van der Waals surface area contributed by atoms with Crippen LogP contribution in [0.4, 0.5) is 0 Å². The van der Waals surface area contributed by atoms with Crippen molar-refractivity contribution in [3.63, 3.8) is 0 Å². The van der Waals surface area contributed by atoms with Gasteiger partial charge in [0.15, 0.2) is 11.5 Å². The van der Waals surface area contributed by atoms with Crippen LogP contribution in [0.25, 0.3) is 0 Å². The van der Waals surface area contributed by atoms with Crippen LogP contribution in [0.3, 0.4) is 0 Å². The minimum atomic E-state index is -0.114. The lowest BCUT2D eigenvalue weighted by molar-refractivity contribution is -0.120. The van der Waals surface area contributed by atoms with Gasteiger partial charge in [0.25, 0.3) is 0 Å². The van der Waals surface area contributed by atoms with E-state index in [1.165, 1.54) is 0 Å². The number of carbonyl (C=O) groups is 1. The zero-order valence-corrected chi connectivity index (χ0v) is 15.2. The Morgan fingerprint density at radius 2 is 1.78 bits per heavy atom. The molecule has 1 unspecified atom stereocenters. The number of benzene rings is 1. The van der Waals surface area contributed by atoms with E-state index in [1.54, 1.807) is 21.3 Å². The summed E-state index contributed by atoms with van der Waals surface area (Å²) in [5.41, 5.74) is 2.04. The van der Waals surface area contributed by atoms with Gasteiger partial charge in [-0.15, -0.1) is 12.4 Å². The second-order valence-electron chi connectivity index (χ2n) is 5.02. The van der Waals surface area contributed by atoms with Crippen LogP contribution >= 0.6 is 12.4 Å². The van der Waals surface area contributed by atoms with Gasteiger partial charge in [-0.3, -0.25) is 4.79 Å². The number of hydrogen-bond donors (Lipinski definition) is 2. The Bertz CT molecular complexity index is 497. The van der Waals surface area contributed by atoms with E-state index >= 15 is 0 Å². The fourth-order valence-electron chi connectivity index (χ4n) is 2.21. The molecule has 0 heterocycles. The first kappa shape index (κ1) is 21.5. The van der Waals surface area contributed by atoms with Crippen LogP contribution in [0.2, 0.25) is 0 Å². The molecule has 0 radical (unpaired) electrons. The van der Waals surface area contributed by atoms with Crippen molar-refractivity contribution in [3.8, 4) is 11.5 Å². The largest absolute Gasteiger partial charge is 0.493 e. The van der Waals surface area contributed by atoms with Gasteiger partial charge in [0, 0.05) is 13.7 Å². The molecule has 1 aromatic rings. The van der Waals surface area contributed by atoms with Gasteiger partial charge >= 0.3 is 0 Å². The van der Waals surface area contributed by atoms with Gasteiger partial charge in [-0.2, -0.15) is 0 Å². The summed E-state index contributed by atoms with van der Waals surface area (Å²) in [5.74, 6) is 1.28. The summed E-state index contributed by atoms with van der Waals surface area (Å²) in [6.45, 7) is 5.42. The van der Waals surface area contributed by atoms with Gasteiger partial charge in [0.05, 0.1) is 33.4 Å². The highest BCUT2D eigenvalue weighted by Crippen LogP contribution is 2.32. The minimum Gasteiger partial charge on any atom is -0.493 e. The second-order valence-corrected chi connectivity index (χ2v) is 5.02. The lowest BCUT2D eigenvalue weighted by Gasteiger charge is -2.19. The molecule has 7 heteroatoms. The Labute approximate surface area is 144 Å². The average molecular weight is 347 g/mol. The number of methoxy groups -OCH3 is 3. The topological polar surface area (TPSA) is 68.8 Å². The third-order valence-electron chi connectivity index (χ3n) is 3.38. The van der Waals surface area contributed by atoms with Gasteiger partial charge in [-0.05, 0) is 37.1 Å². The number of rotatable bonds is 9. The Hall–Kier alpha value is -1.50. The maximum Gasteiger partial charge on any atom is 0.234 e. The second kappa shape index (κ2) is 11.1. The van der Waals surface area contributed by atoms with Crippen LogP contribution in [-0.2, 0) is 9.53 Å². The molecule has 2 N–H and O–H groups in total. The molecule has 0 aliphatic carbocycles. The number of amides is 1. The van der Waals surface area contributed by atoms with E-state index in [-0.39, 0.29) is 30.9 Å². The van der Waals surface area contributed by atoms with Gasteiger partial charge < -0.3 is 24.8 Å². The number of halogens is 1. The summed E-state index contributed by atoms with van der Waals surface area (Å²) < 4.78 is 15.5. The molecular formula is C16H27ClN2O4. The molecule has 1 amide bonds. The van der Waals surface area contributed by atoms with Crippen molar-refractivity contribution in [1.29, 1.82) is 0 Å². The Morgan fingerprint density at radius 1 is 1.17 bits per heavy atom. The summed E-state index contributed by atoms with van der Waals surface area (Å²) in [6.07, 6.45) is 0. The standard InChI is InChI=1S/C16H26N2O4.ClH/c1-11-8-14(21-4)15(22-5)9-13(11)12(2)18-16(19)10-17-6-7-20-3;/h8-9,12,17H,6-7,10H2,1-5H3,(H,18,19);1H. The van der Waals surface area contributed by atoms with E-state index in [0.717, 1.165) is 11.1 Å². The fraction of sp³-hybridized carbons (Fsp3) is 0.562. The van der Waals surface area contributed by atoms with Gasteiger partial charge in [0.2, 0.25) is 5.91 Å². The third kappa shape index (κ3) is 6.64.